The van der Waals surface area contributed by atoms with E-state index >= 15 is 0 Å². The van der Waals surface area contributed by atoms with Crippen molar-refractivity contribution in [3.63, 3.8) is 0 Å². The van der Waals surface area contributed by atoms with Crippen molar-refractivity contribution in [3.05, 3.63) is 101 Å². The number of halogens is 1. The number of Topliss-reactive ketones (excluding diaryl/α,β-unsaturated/α-hetero) is 1. The number of carbonyl (C=O) groups excluding carboxylic acids is 2. The number of rotatable bonds is 6. The first kappa shape index (κ1) is 22.5. The molecule has 5 heteroatoms. The summed E-state index contributed by atoms with van der Waals surface area (Å²) >= 11 is 0. The van der Waals surface area contributed by atoms with E-state index in [2.05, 4.69) is 0 Å². The molecule has 0 radical (unpaired) electrons. The maximum absolute atomic E-state index is 13.4. The molecule has 1 aliphatic heterocycles. The third kappa shape index (κ3) is 4.16. The molecule has 1 aliphatic carbocycles. The molecule has 174 valence electrons. The normalized spacial score (nSPS) is 20.4. The maximum atomic E-state index is 13.4. The van der Waals surface area contributed by atoms with Gasteiger partial charge in [-0.15, -0.1) is 0 Å². The fraction of sp³-hybridized carbons (Fsp3) is 0.310. The van der Waals surface area contributed by atoms with E-state index in [0.717, 1.165) is 5.56 Å². The summed E-state index contributed by atoms with van der Waals surface area (Å²) < 4.78 is 13.3. The lowest BCUT2D eigenvalue weighted by atomic mass is 9.83. The van der Waals surface area contributed by atoms with Crippen molar-refractivity contribution in [2.75, 3.05) is 4.90 Å². The molecule has 0 spiro atoms. The maximum Gasteiger partial charge on any atom is 0.264 e. The van der Waals surface area contributed by atoms with Crippen molar-refractivity contribution >= 4 is 17.4 Å². The molecule has 1 unspecified atom stereocenters. The molecule has 0 bridgehead atoms. The van der Waals surface area contributed by atoms with E-state index in [9.17, 15) is 19.1 Å². The molecule has 34 heavy (non-hydrogen) atoms. The summed E-state index contributed by atoms with van der Waals surface area (Å²) in [6, 6.07) is 20.6. The number of para-hydroxylation sites is 1. The second kappa shape index (κ2) is 9.15. The monoisotopic (exact) mass is 457 g/mol. The molecule has 5 rings (SSSR count). The Balaban J connectivity index is 1.37. The van der Waals surface area contributed by atoms with Crippen LogP contribution in [0.4, 0.5) is 10.1 Å². The molecular formula is C29H28FNO3. The quantitative estimate of drug-likeness (QED) is 0.470. The summed E-state index contributed by atoms with van der Waals surface area (Å²) in [7, 11) is 0. The van der Waals surface area contributed by atoms with E-state index in [0.29, 0.717) is 22.7 Å². The Hall–Kier alpha value is -3.31. The zero-order chi connectivity index (χ0) is 23.7. The molecule has 1 fully saturated rings. The molecule has 1 atom stereocenters. The first-order valence-electron chi connectivity index (χ1n) is 12.0. The first-order valence-corrected chi connectivity index (χ1v) is 12.0. The van der Waals surface area contributed by atoms with Crippen LogP contribution in [-0.2, 0) is 16.9 Å². The highest BCUT2D eigenvalue weighted by Crippen LogP contribution is 2.43. The van der Waals surface area contributed by atoms with E-state index in [1.54, 1.807) is 36.4 Å². The highest BCUT2D eigenvalue weighted by molar-refractivity contribution is 6.10. The van der Waals surface area contributed by atoms with E-state index in [4.69, 9.17) is 0 Å². The van der Waals surface area contributed by atoms with Gasteiger partial charge in [0.15, 0.2) is 11.4 Å². The number of ketones is 1. The van der Waals surface area contributed by atoms with Gasteiger partial charge in [-0.3, -0.25) is 9.59 Å². The van der Waals surface area contributed by atoms with Crippen molar-refractivity contribution in [2.24, 2.45) is 0 Å². The molecule has 0 aromatic heterocycles. The van der Waals surface area contributed by atoms with Gasteiger partial charge in [0.25, 0.3) is 5.91 Å². The zero-order valence-corrected chi connectivity index (χ0v) is 19.0. The third-order valence-electron chi connectivity index (χ3n) is 7.22. The lowest BCUT2D eigenvalue weighted by Crippen LogP contribution is -2.41. The predicted octanol–water partition coefficient (Wildman–Crippen LogP) is 5.88. The number of anilines is 1. The second-order valence-electron chi connectivity index (χ2n) is 9.45. The van der Waals surface area contributed by atoms with Crippen molar-refractivity contribution in [2.45, 2.75) is 56.6 Å². The molecule has 3 aromatic rings. The van der Waals surface area contributed by atoms with E-state index < -0.39 is 11.5 Å². The van der Waals surface area contributed by atoms with Crippen molar-refractivity contribution in [1.29, 1.82) is 0 Å². The molecule has 2 aliphatic rings. The molecule has 1 N–H and O–H groups in total. The zero-order valence-electron chi connectivity index (χ0n) is 19.0. The first-order chi connectivity index (χ1) is 16.5. The van der Waals surface area contributed by atoms with Crippen LogP contribution in [-0.4, -0.2) is 16.8 Å². The van der Waals surface area contributed by atoms with Gasteiger partial charge in [0, 0.05) is 11.1 Å². The topological polar surface area (TPSA) is 57.6 Å². The number of hydrogen-bond acceptors (Lipinski definition) is 3. The van der Waals surface area contributed by atoms with Crippen LogP contribution in [0.3, 0.4) is 0 Å². The number of carbonyl (C=O) groups is 2. The second-order valence-corrected chi connectivity index (χ2v) is 9.45. The summed E-state index contributed by atoms with van der Waals surface area (Å²) in [6.07, 6.45) is 5.82. The van der Waals surface area contributed by atoms with Gasteiger partial charge in [0.2, 0.25) is 0 Å². The molecule has 1 heterocycles. The Morgan fingerprint density at radius 3 is 2.32 bits per heavy atom. The number of fused-ring (bicyclic) bond motifs is 1. The Labute approximate surface area is 199 Å². The minimum absolute atomic E-state index is 0.183. The van der Waals surface area contributed by atoms with E-state index in [1.807, 2.05) is 24.3 Å². The number of aliphatic hydroxyl groups is 1. The van der Waals surface area contributed by atoms with Crippen LogP contribution >= 0.6 is 0 Å². The number of amides is 1. The standard InChI is InChI=1S/C29H28FNO3/c30-24-16-10-20(11-17-24)19-31-26-9-5-4-8-25(26)29(34,28(31)33)18-27(32)23-14-12-22(13-15-23)21-6-2-1-3-7-21/h4-5,8-17,21,34H,1-3,6-7,18-19H2. The largest absolute Gasteiger partial charge is 0.375 e. The van der Waals surface area contributed by atoms with Crippen LogP contribution in [0.2, 0.25) is 0 Å². The lowest BCUT2D eigenvalue weighted by Gasteiger charge is -2.23. The van der Waals surface area contributed by atoms with Crippen LogP contribution in [0.15, 0.2) is 72.8 Å². The van der Waals surface area contributed by atoms with Crippen LogP contribution in [0.25, 0.3) is 0 Å². The Morgan fingerprint density at radius 2 is 1.62 bits per heavy atom. The molecule has 4 nitrogen and oxygen atoms in total. The van der Waals surface area contributed by atoms with Gasteiger partial charge >= 0.3 is 0 Å². The smallest absolute Gasteiger partial charge is 0.264 e. The summed E-state index contributed by atoms with van der Waals surface area (Å²) in [6.45, 7) is 0.183. The van der Waals surface area contributed by atoms with Gasteiger partial charge < -0.3 is 10.0 Å². The van der Waals surface area contributed by atoms with Gasteiger partial charge in [-0.25, -0.2) is 4.39 Å². The Morgan fingerprint density at radius 1 is 0.941 bits per heavy atom. The third-order valence-corrected chi connectivity index (χ3v) is 7.22. The molecule has 1 saturated carbocycles. The summed E-state index contributed by atoms with van der Waals surface area (Å²) in [4.78, 5) is 28.1. The van der Waals surface area contributed by atoms with Crippen LogP contribution in [0.1, 0.15) is 71.5 Å². The van der Waals surface area contributed by atoms with Gasteiger partial charge in [-0.1, -0.05) is 73.9 Å². The summed E-state index contributed by atoms with van der Waals surface area (Å²) in [5.41, 5.74) is 1.54. The summed E-state index contributed by atoms with van der Waals surface area (Å²) in [5, 5.41) is 11.5. The average molecular weight is 458 g/mol. The average Bonchev–Trinajstić information content (AvgIpc) is 3.08. The SMILES string of the molecule is O=C(CC1(O)C(=O)N(Cc2ccc(F)cc2)c2ccccc21)c1ccc(C2CCCCC2)cc1. The Kier molecular flexibility index (Phi) is 6.05. The van der Waals surface area contributed by atoms with Crippen molar-refractivity contribution in [3.8, 4) is 0 Å². The van der Waals surface area contributed by atoms with Crippen LogP contribution in [0.5, 0.6) is 0 Å². The molecule has 3 aromatic carbocycles. The van der Waals surface area contributed by atoms with Gasteiger partial charge in [0.05, 0.1) is 18.7 Å². The number of hydrogen-bond donors (Lipinski definition) is 1. The Bertz CT molecular complexity index is 1200. The van der Waals surface area contributed by atoms with Crippen LogP contribution in [0, 0.1) is 5.82 Å². The lowest BCUT2D eigenvalue weighted by molar-refractivity contribution is -0.136. The molecule has 0 saturated heterocycles. The van der Waals surface area contributed by atoms with Crippen molar-refractivity contribution < 1.29 is 19.1 Å². The van der Waals surface area contributed by atoms with E-state index in [1.165, 1.54) is 54.7 Å². The fourth-order valence-corrected chi connectivity index (χ4v) is 5.32. The summed E-state index contributed by atoms with van der Waals surface area (Å²) in [5.74, 6) is -0.617. The highest BCUT2D eigenvalue weighted by Gasteiger charge is 2.50. The molecule has 1 amide bonds. The van der Waals surface area contributed by atoms with Gasteiger partial charge in [-0.2, -0.15) is 0 Å². The van der Waals surface area contributed by atoms with Gasteiger partial charge in [-0.05, 0) is 48.1 Å². The highest BCUT2D eigenvalue weighted by atomic mass is 19.1. The van der Waals surface area contributed by atoms with Crippen LogP contribution < -0.4 is 4.90 Å². The van der Waals surface area contributed by atoms with E-state index in [-0.39, 0.29) is 24.6 Å². The number of nitrogens with zero attached hydrogens (tertiary/aromatic N) is 1. The predicted molar refractivity (Wildman–Crippen MR) is 129 cm³/mol. The van der Waals surface area contributed by atoms with Crippen molar-refractivity contribution in [1.82, 2.24) is 0 Å². The minimum atomic E-state index is -1.93. The minimum Gasteiger partial charge on any atom is -0.375 e. The number of benzene rings is 3. The van der Waals surface area contributed by atoms with Gasteiger partial charge in [0.1, 0.15) is 5.82 Å². The fourth-order valence-electron chi connectivity index (χ4n) is 5.32. The molecular weight excluding hydrogens is 429 g/mol.